The van der Waals surface area contributed by atoms with E-state index in [1.165, 1.54) is 43.1 Å². The van der Waals surface area contributed by atoms with Crippen LogP contribution >= 0.6 is 11.8 Å². The fraction of sp³-hybridized carbons (Fsp3) is 0.706. The topological polar surface area (TPSA) is 76.0 Å². The molecule has 1 saturated carbocycles. The highest BCUT2D eigenvalue weighted by Crippen LogP contribution is 2.35. The van der Waals surface area contributed by atoms with Gasteiger partial charge in [0.1, 0.15) is 0 Å². The first-order valence-corrected chi connectivity index (χ1v) is 9.63. The number of carbonyl (C=O) groups is 2. The summed E-state index contributed by atoms with van der Waals surface area (Å²) in [5.74, 6) is 0.250. The van der Waals surface area contributed by atoms with Crippen molar-refractivity contribution in [1.82, 2.24) is 20.2 Å². The second-order valence-corrected chi connectivity index (χ2v) is 7.76. The van der Waals surface area contributed by atoms with Gasteiger partial charge in [0.05, 0.1) is 11.4 Å². The molecule has 0 saturated heterocycles. The maximum Gasteiger partial charge on any atom is 0.321 e. The molecule has 0 atom stereocenters. The minimum absolute atomic E-state index is 0.192. The van der Waals surface area contributed by atoms with Gasteiger partial charge in [-0.3, -0.25) is 10.1 Å². The second kappa shape index (κ2) is 8.55. The van der Waals surface area contributed by atoms with Crippen molar-refractivity contribution in [2.45, 2.75) is 64.6 Å². The van der Waals surface area contributed by atoms with Crippen molar-refractivity contribution in [3.63, 3.8) is 0 Å². The van der Waals surface area contributed by atoms with Gasteiger partial charge in [-0.15, -0.1) is 0 Å². The Bertz CT molecular complexity index is 592. The van der Waals surface area contributed by atoms with Gasteiger partial charge in [0.15, 0.2) is 5.16 Å². The Balaban J connectivity index is 1.91. The summed E-state index contributed by atoms with van der Waals surface area (Å²) in [5, 5.41) is 5.93. The molecule has 1 fully saturated rings. The average molecular weight is 353 g/mol. The number of amides is 3. The number of nitrogens with one attached hydrogen (secondary N) is 2. The lowest BCUT2D eigenvalue weighted by atomic mass is 10.2. The quantitative estimate of drug-likeness (QED) is 0.771. The number of imidazole rings is 1. The zero-order chi connectivity index (χ0) is 17.7. The number of thioether (sulfide) groups is 1. The minimum atomic E-state index is -0.430. The van der Waals surface area contributed by atoms with Crippen LogP contribution in [0, 0.1) is 19.8 Å². The Morgan fingerprint density at radius 1 is 1.29 bits per heavy atom. The fourth-order valence-electron chi connectivity index (χ4n) is 2.92. The molecule has 2 N–H and O–H groups in total. The summed E-state index contributed by atoms with van der Waals surface area (Å²) in [6.45, 7) is 8.65. The van der Waals surface area contributed by atoms with E-state index in [4.69, 9.17) is 0 Å². The van der Waals surface area contributed by atoms with Crippen molar-refractivity contribution >= 4 is 23.7 Å². The summed E-state index contributed by atoms with van der Waals surface area (Å²) in [6.07, 6.45) is 4.85. The van der Waals surface area contributed by atoms with Gasteiger partial charge in [0.2, 0.25) is 5.91 Å². The molecule has 0 spiro atoms. The highest BCUT2D eigenvalue weighted by atomic mass is 32.2. The summed E-state index contributed by atoms with van der Waals surface area (Å²) in [7, 11) is 0. The second-order valence-electron chi connectivity index (χ2n) is 6.81. The van der Waals surface area contributed by atoms with Crippen LogP contribution in [0.5, 0.6) is 0 Å². The van der Waals surface area contributed by atoms with Crippen molar-refractivity contribution in [2.75, 3.05) is 12.3 Å². The lowest BCUT2D eigenvalue weighted by Crippen LogP contribution is -2.41. The molecule has 1 aromatic rings. The van der Waals surface area contributed by atoms with Crippen LogP contribution in [-0.4, -0.2) is 33.8 Å². The van der Waals surface area contributed by atoms with Crippen LogP contribution in [0.15, 0.2) is 5.16 Å². The van der Waals surface area contributed by atoms with Gasteiger partial charge in [0, 0.05) is 18.3 Å². The molecule has 1 aliphatic rings. The Hall–Kier alpha value is -1.50. The van der Waals surface area contributed by atoms with Crippen LogP contribution in [0.1, 0.15) is 57.0 Å². The van der Waals surface area contributed by atoms with E-state index in [0.717, 1.165) is 10.9 Å². The molecule has 0 unspecified atom stereocenters. The van der Waals surface area contributed by atoms with Gasteiger partial charge in [-0.25, -0.2) is 9.78 Å². The number of aryl methyl sites for hydroxylation is 1. The highest BCUT2D eigenvalue weighted by Gasteiger charge is 2.23. The molecule has 24 heavy (non-hydrogen) atoms. The molecule has 3 amide bonds. The molecule has 1 aromatic heterocycles. The van der Waals surface area contributed by atoms with Gasteiger partial charge >= 0.3 is 6.03 Å². The van der Waals surface area contributed by atoms with E-state index in [-0.39, 0.29) is 11.7 Å². The zero-order valence-corrected chi connectivity index (χ0v) is 15.8. The largest absolute Gasteiger partial charge is 0.338 e. The Kier molecular flexibility index (Phi) is 6.71. The number of hydrogen-bond donors (Lipinski definition) is 2. The number of hydrogen-bond acceptors (Lipinski definition) is 4. The molecule has 0 bridgehead atoms. The predicted octanol–water partition coefficient (Wildman–Crippen LogP) is 3.19. The first-order valence-electron chi connectivity index (χ1n) is 8.64. The molecule has 0 aliphatic heterocycles. The third-order valence-electron chi connectivity index (χ3n) is 4.30. The van der Waals surface area contributed by atoms with Crippen molar-refractivity contribution in [2.24, 2.45) is 5.92 Å². The van der Waals surface area contributed by atoms with Crippen LogP contribution in [0.3, 0.4) is 0 Å². The Labute approximate surface area is 148 Å². The van der Waals surface area contributed by atoms with Crippen molar-refractivity contribution in [3.05, 3.63) is 11.4 Å². The van der Waals surface area contributed by atoms with Crippen LogP contribution in [0.4, 0.5) is 4.79 Å². The van der Waals surface area contributed by atoms with Gasteiger partial charge in [0.25, 0.3) is 0 Å². The van der Waals surface area contributed by atoms with E-state index in [0.29, 0.717) is 18.5 Å². The molecule has 1 aliphatic carbocycles. The van der Waals surface area contributed by atoms with Gasteiger partial charge < -0.3 is 9.88 Å². The normalized spacial score (nSPS) is 15.0. The van der Waals surface area contributed by atoms with Crippen molar-refractivity contribution in [1.29, 1.82) is 0 Å². The van der Waals surface area contributed by atoms with Crippen LogP contribution < -0.4 is 10.6 Å². The Morgan fingerprint density at radius 2 is 1.96 bits per heavy atom. The number of carbonyl (C=O) groups excluding carboxylic acids is 2. The van der Waals surface area contributed by atoms with Crippen molar-refractivity contribution < 1.29 is 9.59 Å². The molecule has 6 nitrogen and oxygen atoms in total. The number of rotatable bonds is 6. The van der Waals surface area contributed by atoms with E-state index in [2.05, 4.69) is 27.1 Å². The van der Waals surface area contributed by atoms with Crippen LogP contribution in [0.25, 0.3) is 0 Å². The number of urea groups is 1. The molecule has 134 valence electrons. The molecule has 7 heteroatoms. The SMILES string of the molecule is Cc1nc(SCC(=O)NC(=O)NCC(C)C)n(C2CCCC2)c1C. The fourth-order valence-corrected chi connectivity index (χ4v) is 3.88. The van der Waals surface area contributed by atoms with Gasteiger partial charge in [-0.05, 0) is 32.6 Å². The number of aromatic nitrogens is 2. The van der Waals surface area contributed by atoms with Crippen LogP contribution in [0.2, 0.25) is 0 Å². The zero-order valence-electron chi connectivity index (χ0n) is 15.0. The molecular formula is C17H28N4O2S. The lowest BCUT2D eigenvalue weighted by molar-refractivity contribution is -0.117. The van der Waals surface area contributed by atoms with E-state index in [1.807, 2.05) is 20.8 Å². The maximum atomic E-state index is 12.0. The van der Waals surface area contributed by atoms with Gasteiger partial charge in [-0.2, -0.15) is 0 Å². The molecule has 2 rings (SSSR count). The molecule has 1 heterocycles. The predicted molar refractivity (Wildman–Crippen MR) is 96.3 cm³/mol. The minimum Gasteiger partial charge on any atom is -0.338 e. The lowest BCUT2D eigenvalue weighted by Gasteiger charge is -2.16. The highest BCUT2D eigenvalue weighted by molar-refractivity contribution is 7.99. The Morgan fingerprint density at radius 3 is 2.58 bits per heavy atom. The molecule has 0 aromatic carbocycles. The summed E-state index contributed by atoms with van der Waals surface area (Å²) in [4.78, 5) is 28.2. The van der Waals surface area contributed by atoms with E-state index in [1.54, 1.807) is 0 Å². The average Bonchev–Trinajstić information content (AvgIpc) is 3.12. The summed E-state index contributed by atoms with van der Waals surface area (Å²) in [6, 6.07) is 0.0619. The van der Waals surface area contributed by atoms with Gasteiger partial charge in [-0.1, -0.05) is 38.5 Å². The summed E-state index contributed by atoms with van der Waals surface area (Å²) >= 11 is 1.40. The summed E-state index contributed by atoms with van der Waals surface area (Å²) < 4.78 is 2.28. The first-order chi connectivity index (χ1) is 11.4. The number of imide groups is 1. The smallest absolute Gasteiger partial charge is 0.321 e. The monoisotopic (exact) mass is 352 g/mol. The first kappa shape index (κ1) is 18.8. The third-order valence-corrected chi connectivity index (χ3v) is 5.25. The maximum absolute atomic E-state index is 12.0. The van der Waals surface area contributed by atoms with Crippen molar-refractivity contribution in [3.8, 4) is 0 Å². The van der Waals surface area contributed by atoms with Crippen LogP contribution in [-0.2, 0) is 4.79 Å². The van der Waals surface area contributed by atoms with E-state index >= 15 is 0 Å². The molecule has 0 radical (unpaired) electrons. The number of nitrogens with zero attached hydrogens (tertiary/aromatic N) is 2. The third kappa shape index (κ3) is 5.00. The summed E-state index contributed by atoms with van der Waals surface area (Å²) in [5.41, 5.74) is 2.19. The standard InChI is InChI=1S/C17H28N4O2S/c1-11(2)9-18-16(23)20-15(22)10-24-17-19-12(3)13(4)21(17)14-7-5-6-8-14/h11,14H,5-10H2,1-4H3,(H2,18,20,22,23). The van der Waals surface area contributed by atoms with E-state index < -0.39 is 6.03 Å². The van der Waals surface area contributed by atoms with E-state index in [9.17, 15) is 9.59 Å². The molecular weight excluding hydrogens is 324 g/mol.